The van der Waals surface area contributed by atoms with Gasteiger partial charge in [-0.2, -0.15) is 0 Å². The lowest BCUT2D eigenvalue weighted by Gasteiger charge is -2.08. The van der Waals surface area contributed by atoms with E-state index in [1.807, 2.05) is 13.8 Å². The number of carbonyl (C=O) groups excluding carboxylic acids is 1. The van der Waals surface area contributed by atoms with Crippen LogP contribution >= 0.6 is 11.3 Å². The molecule has 3 rings (SSSR count). The summed E-state index contributed by atoms with van der Waals surface area (Å²) >= 11 is 1.59. The lowest BCUT2D eigenvalue weighted by atomic mass is 10.2. The molecule has 1 aromatic carbocycles. The number of fused-ring (bicyclic) bond motifs is 1. The quantitative estimate of drug-likeness (QED) is 0.811. The Morgan fingerprint density at radius 1 is 1.35 bits per heavy atom. The van der Waals surface area contributed by atoms with E-state index < -0.39 is 0 Å². The minimum atomic E-state index is 0.169. The van der Waals surface area contributed by atoms with Gasteiger partial charge in [-0.15, -0.1) is 11.3 Å². The molecule has 0 saturated carbocycles. The van der Waals surface area contributed by atoms with Crippen molar-refractivity contribution >= 4 is 17.6 Å². The van der Waals surface area contributed by atoms with Crippen LogP contribution in [-0.4, -0.2) is 18.1 Å². The van der Waals surface area contributed by atoms with E-state index in [4.69, 9.17) is 14.2 Å². The van der Waals surface area contributed by atoms with Gasteiger partial charge in [-0.1, -0.05) is 0 Å². The number of aromatic nitrogens is 1. The smallest absolute Gasteiger partial charge is 0.231 e. The highest BCUT2D eigenvalue weighted by molar-refractivity contribution is 7.11. The van der Waals surface area contributed by atoms with Crippen LogP contribution in [0.4, 0.5) is 0 Å². The van der Waals surface area contributed by atoms with Crippen LogP contribution in [0.2, 0.25) is 0 Å². The largest absolute Gasteiger partial charge is 0.486 e. The van der Waals surface area contributed by atoms with E-state index in [0.29, 0.717) is 29.4 Å². The molecule has 5 nitrogen and oxygen atoms in total. The molecule has 6 heteroatoms. The summed E-state index contributed by atoms with van der Waals surface area (Å²) in [4.78, 5) is 16.7. The molecule has 1 aromatic heterocycles. The zero-order valence-electron chi connectivity index (χ0n) is 11.1. The maximum Gasteiger partial charge on any atom is 0.231 e. The fourth-order valence-electron chi connectivity index (χ4n) is 1.90. The first kappa shape index (κ1) is 12.9. The maximum atomic E-state index is 11.1. The molecule has 0 aliphatic carbocycles. The van der Waals surface area contributed by atoms with Gasteiger partial charge in [-0.05, 0) is 19.9 Å². The standard InChI is InChI=1S/C14H13NO4S/c1-8-9(2)20-14(15-8)6-17-11-4-13-12(18-7-19-13)3-10(11)5-16/h3-5H,6-7H2,1-2H3. The Morgan fingerprint density at radius 3 is 2.75 bits per heavy atom. The van der Waals surface area contributed by atoms with Gasteiger partial charge in [-0.25, -0.2) is 4.98 Å². The topological polar surface area (TPSA) is 57.7 Å². The van der Waals surface area contributed by atoms with Crippen molar-refractivity contribution in [3.8, 4) is 17.2 Å². The van der Waals surface area contributed by atoms with Gasteiger partial charge in [-0.3, -0.25) is 4.79 Å². The lowest BCUT2D eigenvalue weighted by Crippen LogP contribution is -1.98. The normalized spacial score (nSPS) is 12.5. The number of aldehydes is 1. The predicted molar refractivity (Wildman–Crippen MR) is 73.9 cm³/mol. The summed E-state index contributed by atoms with van der Waals surface area (Å²) in [6.45, 7) is 4.49. The van der Waals surface area contributed by atoms with Gasteiger partial charge in [0.2, 0.25) is 6.79 Å². The number of carbonyl (C=O) groups is 1. The highest BCUT2D eigenvalue weighted by Gasteiger charge is 2.18. The molecular formula is C14H13NO4S. The summed E-state index contributed by atoms with van der Waals surface area (Å²) in [6.07, 6.45) is 0.746. The number of thiazole rings is 1. The molecular weight excluding hydrogens is 278 g/mol. The Bertz CT molecular complexity index is 646. The van der Waals surface area contributed by atoms with Crippen molar-refractivity contribution in [2.45, 2.75) is 20.5 Å². The van der Waals surface area contributed by atoms with Gasteiger partial charge in [0.05, 0.1) is 11.3 Å². The summed E-state index contributed by atoms with van der Waals surface area (Å²) in [5.74, 6) is 1.65. The summed E-state index contributed by atoms with van der Waals surface area (Å²) in [7, 11) is 0. The van der Waals surface area contributed by atoms with Crippen LogP contribution in [0.25, 0.3) is 0 Å². The third kappa shape index (κ3) is 2.34. The number of hydrogen-bond donors (Lipinski definition) is 0. The first-order valence-corrected chi connectivity index (χ1v) is 6.93. The summed E-state index contributed by atoms with van der Waals surface area (Å²) in [6, 6.07) is 3.31. The first-order chi connectivity index (χ1) is 9.67. The van der Waals surface area contributed by atoms with Crippen LogP contribution in [0.3, 0.4) is 0 Å². The van der Waals surface area contributed by atoms with Crippen LogP contribution < -0.4 is 14.2 Å². The second kappa shape index (κ2) is 5.13. The maximum absolute atomic E-state index is 11.1. The van der Waals surface area contributed by atoms with Gasteiger partial charge < -0.3 is 14.2 Å². The van der Waals surface area contributed by atoms with Crippen molar-refractivity contribution in [1.29, 1.82) is 0 Å². The zero-order valence-corrected chi connectivity index (χ0v) is 12.0. The van der Waals surface area contributed by atoms with Gasteiger partial charge >= 0.3 is 0 Å². The van der Waals surface area contributed by atoms with Crippen molar-refractivity contribution in [3.63, 3.8) is 0 Å². The second-order valence-electron chi connectivity index (χ2n) is 4.40. The minimum absolute atomic E-state index is 0.169. The molecule has 2 aromatic rings. The van der Waals surface area contributed by atoms with Crippen molar-refractivity contribution < 1.29 is 19.0 Å². The van der Waals surface area contributed by atoms with E-state index >= 15 is 0 Å². The number of ether oxygens (including phenoxy) is 3. The van der Waals surface area contributed by atoms with Crippen molar-refractivity contribution in [1.82, 2.24) is 4.98 Å². The Morgan fingerprint density at radius 2 is 2.10 bits per heavy atom. The second-order valence-corrected chi connectivity index (χ2v) is 5.69. The molecule has 0 N–H and O–H groups in total. The molecule has 0 spiro atoms. The van der Waals surface area contributed by atoms with Gasteiger partial charge in [0.1, 0.15) is 17.4 Å². The van der Waals surface area contributed by atoms with Gasteiger partial charge in [0, 0.05) is 10.9 Å². The first-order valence-electron chi connectivity index (χ1n) is 6.12. The molecule has 0 fully saturated rings. The van der Waals surface area contributed by atoms with Gasteiger partial charge in [0.15, 0.2) is 17.8 Å². The Hall–Kier alpha value is -2.08. The molecule has 20 heavy (non-hydrogen) atoms. The molecule has 1 aliphatic rings. The molecule has 0 bridgehead atoms. The van der Waals surface area contributed by atoms with E-state index in [9.17, 15) is 4.79 Å². The van der Waals surface area contributed by atoms with Crippen molar-refractivity contribution in [2.24, 2.45) is 0 Å². The summed E-state index contributed by atoms with van der Waals surface area (Å²) in [5, 5.41) is 0.884. The van der Waals surface area contributed by atoms with Gasteiger partial charge in [0.25, 0.3) is 0 Å². The SMILES string of the molecule is Cc1nc(COc2cc3c(cc2C=O)OCO3)sc1C. The van der Waals surface area contributed by atoms with Crippen LogP contribution in [0.1, 0.15) is 25.9 Å². The highest BCUT2D eigenvalue weighted by atomic mass is 32.1. The fraction of sp³-hybridized carbons (Fsp3) is 0.286. The minimum Gasteiger partial charge on any atom is -0.486 e. The van der Waals surface area contributed by atoms with E-state index in [1.165, 1.54) is 4.88 Å². The molecule has 2 heterocycles. The average molecular weight is 291 g/mol. The molecule has 0 unspecified atom stereocenters. The van der Waals surface area contributed by atoms with E-state index in [-0.39, 0.29) is 6.79 Å². The molecule has 0 radical (unpaired) electrons. The van der Waals surface area contributed by atoms with E-state index in [1.54, 1.807) is 23.5 Å². The number of hydrogen-bond acceptors (Lipinski definition) is 6. The Labute approximate surface area is 120 Å². The number of nitrogens with zero attached hydrogens (tertiary/aromatic N) is 1. The third-order valence-electron chi connectivity index (χ3n) is 3.06. The molecule has 1 aliphatic heterocycles. The summed E-state index contributed by atoms with van der Waals surface area (Å²) < 4.78 is 16.2. The van der Waals surface area contributed by atoms with Crippen LogP contribution in [0.5, 0.6) is 17.2 Å². The third-order valence-corrected chi connectivity index (χ3v) is 4.10. The van der Waals surface area contributed by atoms with Crippen LogP contribution in [0.15, 0.2) is 12.1 Å². The Balaban J connectivity index is 1.81. The number of aryl methyl sites for hydroxylation is 2. The molecule has 0 atom stereocenters. The molecule has 0 saturated heterocycles. The Kier molecular flexibility index (Phi) is 3.31. The highest BCUT2D eigenvalue weighted by Crippen LogP contribution is 2.37. The number of rotatable bonds is 4. The van der Waals surface area contributed by atoms with Crippen molar-refractivity contribution in [3.05, 3.63) is 33.3 Å². The zero-order chi connectivity index (χ0) is 14.1. The predicted octanol–water partition coefficient (Wildman–Crippen LogP) is 2.88. The van der Waals surface area contributed by atoms with E-state index in [2.05, 4.69) is 4.98 Å². The fourth-order valence-corrected chi connectivity index (χ4v) is 2.74. The number of benzene rings is 1. The van der Waals surface area contributed by atoms with Crippen molar-refractivity contribution in [2.75, 3.05) is 6.79 Å². The molecule has 0 amide bonds. The van der Waals surface area contributed by atoms with Crippen LogP contribution in [0, 0.1) is 13.8 Å². The van der Waals surface area contributed by atoms with E-state index in [0.717, 1.165) is 17.0 Å². The monoisotopic (exact) mass is 291 g/mol. The average Bonchev–Trinajstić information content (AvgIpc) is 3.02. The van der Waals surface area contributed by atoms with Crippen LogP contribution in [-0.2, 0) is 6.61 Å². The molecule has 104 valence electrons. The summed E-state index contributed by atoms with van der Waals surface area (Å²) in [5.41, 5.74) is 1.45. The lowest BCUT2D eigenvalue weighted by molar-refractivity contribution is 0.111.